The second-order valence-corrected chi connectivity index (χ2v) is 5.86. The highest BCUT2D eigenvalue weighted by Crippen LogP contribution is 2.25. The topological polar surface area (TPSA) is 73.6 Å². The molecule has 1 saturated carbocycles. The first-order chi connectivity index (χ1) is 10.6. The van der Waals surface area contributed by atoms with E-state index in [9.17, 15) is 4.79 Å². The lowest BCUT2D eigenvalue weighted by Crippen LogP contribution is -2.40. The smallest absolute Gasteiger partial charge is 0.220 e. The third kappa shape index (κ3) is 5.92. The van der Waals surface area contributed by atoms with Crippen molar-refractivity contribution in [2.45, 2.75) is 50.6 Å². The van der Waals surface area contributed by atoms with Crippen molar-refractivity contribution in [1.29, 1.82) is 0 Å². The van der Waals surface area contributed by atoms with Gasteiger partial charge in [-0.1, -0.05) is 0 Å². The summed E-state index contributed by atoms with van der Waals surface area (Å²) in [5, 5.41) is 3.11. The van der Waals surface area contributed by atoms with Gasteiger partial charge in [-0.15, -0.1) is 12.4 Å². The molecule has 0 saturated heterocycles. The summed E-state index contributed by atoms with van der Waals surface area (Å²) in [6, 6.07) is 6.22. The van der Waals surface area contributed by atoms with Crippen LogP contribution in [-0.2, 0) is 11.2 Å². The van der Waals surface area contributed by atoms with Gasteiger partial charge in [0, 0.05) is 18.5 Å². The number of hydrogen-bond acceptors (Lipinski definition) is 4. The Hall–Kier alpha value is -1.46. The van der Waals surface area contributed by atoms with Gasteiger partial charge >= 0.3 is 0 Å². The molecule has 0 atom stereocenters. The summed E-state index contributed by atoms with van der Waals surface area (Å²) in [5.74, 6) is 1.65. The van der Waals surface area contributed by atoms with E-state index in [0.29, 0.717) is 18.9 Å². The molecule has 0 aromatic heterocycles. The zero-order valence-electron chi connectivity index (χ0n) is 13.8. The van der Waals surface area contributed by atoms with Crippen molar-refractivity contribution in [3.63, 3.8) is 0 Å². The third-order valence-corrected chi connectivity index (χ3v) is 4.25. The Balaban J connectivity index is 0.00000264. The maximum absolute atomic E-state index is 12.1. The van der Waals surface area contributed by atoms with Crippen LogP contribution in [0.15, 0.2) is 18.2 Å². The highest BCUT2D eigenvalue weighted by molar-refractivity contribution is 5.85. The molecule has 23 heavy (non-hydrogen) atoms. The molecule has 5 nitrogen and oxygen atoms in total. The second kappa shape index (κ2) is 9.63. The first kappa shape index (κ1) is 19.6. The molecule has 1 amide bonds. The van der Waals surface area contributed by atoms with Crippen LogP contribution in [0.5, 0.6) is 11.5 Å². The number of nitrogens with two attached hydrogens (primary N) is 1. The number of hydrogen-bond donors (Lipinski definition) is 2. The summed E-state index contributed by atoms with van der Waals surface area (Å²) in [6.45, 7) is 0. The van der Waals surface area contributed by atoms with E-state index in [4.69, 9.17) is 15.2 Å². The Bertz CT molecular complexity index is 503. The van der Waals surface area contributed by atoms with Crippen LogP contribution in [0.3, 0.4) is 0 Å². The van der Waals surface area contributed by atoms with Gasteiger partial charge in [0.15, 0.2) is 0 Å². The van der Waals surface area contributed by atoms with Crippen LogP contribution in [0, 0.1) is 0 Å². The average molecular weight is 343 g/mol. The Kier molecular flexibility index (Phi) is 8.20. The van der Waals surface area contributed by atoms with Crippen LogP contribution in [0.2, 0.25) is 0 Å². The average Bonchev–Trinajstić information content (AvgIpc) is 2.54. The van der Waals surface area contributed by atoms with Gasteiger partial charge in [0.25, 0.3) is 0 Å². The normalized spacial score (nSPS) is 20.3. The van der Waals surface area contributed by atoms with E-state index in [1.807, 2.05) is 18.2 Å². The number of rotatable bonds is 6. The number of amides is 1. The molecule has 6 heteroatoms. The van der Waals surface area contributed by atoms with Crippen LogP contribution in [0.4, 0.5) is 0 Å². The van der Waals surface area contributed by atoms with Gasteiger partial charge in [0.1, 0.15) is 11.5 Å². The summed E-state index contributed by atoms with van der Waals surface area (Å²) < 4.78 is 10.6. The molecule has 1 aliphatic carbocycles. The molecule has 0 bridgehead atoms. The molecule has 0 aliphatic heterocycles. The molecule has 1 aliphatic rings. The first-order valence-electron chi connectivity index (χ1n) is 7.88. The number of halogens is 1. The van der Waals surface area contributed by atoms with Crippen molar-refractivity contribution in [2.75, 3.05) is 14.2 Å². The van der Waals surface area contributed by atoms with Gasteiger partial charge in [-0.05, 0) is 55.9 Å². The number of ether oxygens (including phenoxy) is 2. The van der Waals surface area contributed by atoms with E-state index in [-0.39, 0.29) is 24.4 Å². The summed E-state index contributed by atoms with van der Waals surface area (Å²) in [4.78, 5) is 12.1. The Labute approximate surface area is 144 Å². The predicted octanol–water partition coefficient (Wildman–Crippen LogP) is 2.44. The molecule has 3 N–H and O–H groups in total. The van der Waals surface area contributed by atoms with Crippen LogP contribution in [0.25, 0.3) is 0 Å². The summed E-state index contributed by atoms with van der Waals surface area (Å²) in [5.41, 5.74) is 6.87. The van der Waals surface area contributed by atoms with E-state index in [1.54, 1.807) is 14.2 Å². The number of nitrogens with one attached hydrogen (secondary N) is 1. The van der Waals surface area contributed by atoms with E-state index in [1.165, 1.54) is 0 Å². The Morgan fingerprint density at radius 2 is 1.91 bits per heavy atom. The van der Waals surface area contributed by atoms with Crippen LogP contribution in [0.1, 0.15) is 37.7 Å². The first-order valence-corrected chi connectivity index (χ1v) is 7.88. The summed E-state index contributed by atoms with van der Waals surface area (Å²) in [7, 11) is 3.27. The number of methoxy groups -OCH3 is 2. The van der Waals surface area contributed by atoms with Crippen molar-refractivity contribution >= 4 is 18.3 Å². The zero-order chi connectivity index (χ0) is 15.9. The molecule has 1 aromatic rings. The molecular formula is C17H27ClN2O3. The molecular weight excluding hydrogens is 316 g/mol. The molecule has 2 rings (SSSR count). The van der Waals surface area contributed by atoms with Gasteiger partial charge in [-0.3, -0.25) is 4.79 Å². The van der Waals surface area contributed by atoms with Gasteiger partial charge in [0.2, 0.25) is 5.91 Å². The lowest BCUT2D eigenvalue weighted by molar-refractivity contribution is -0.122. The molecule has 1 aromatic carbocycles. The maximum Gasteiger partial charge on any atom is 0.220 e. The summed E-state index contributed by atoms with van der Waals surface area (Å²) in [6.07, 6.45) is 5.04. The van der Waals surface area contributed by atoms with Gasteiger partial charge in [0.05, 0.1) is 14.2 Å². The van der Waals surface area contributed by atoms with Crippen molar-refractivity contribution in [3.05, 3.63) is 23.8 Å². The molecule has 0 radical (unpaired) electrons. The van der Waals surface area contributed by atoms with E-state index in [0.717, 1.165) is 42.7 Å². The van der Waals surface area contributed by atoms with Gasteiger partial charge in [-0.25, -0.2) is 0 Å². The minimum atomic E-state index is 0. The molecule has 130 valence electrons. The minimum Gasteiger partial charge on any atom is -0.497 e. The molecule has 1 fully saturated rings. The fraction of sp³-hybridized carbons (Fsp3) is 0.588. The van der Waals surface area contributed by atoms with Crippen molar-refractivity contribution in [1.82, 2.24) is 5.32 Å². The minimum absolute atomic E-state index is 0. The van der Waals surface area contributed by atoms with Gasteiger partial charge in [-0.2, -0.15) is 0 Å². The lowest BCUT2D eigenvalue weighted by Gasteiger charge is -2.26. The van der Waals surface area contributed by atoms with Crippen LogP contribution in [-0.4, -0.2) is 32.2 Å². The third-order valence-electron chi connectivity index (χ3n) is 4.25. The highest BCUT2D eigenvalue weighted by atomic mass is 35.5. The number of carbonyl (C=O) groups is 1. The quantitative estimate of drug-likeness (QED) is 0.832. The standard InChI is InChI=1S/C17H26N2O3.ClH/c1-21-15-8-9-16(22-2)12(11-15)3-10-17(20)19-14-6-4-13(18)5-7-14;/h8-9,11,13-14H,3-7,10,18H2,1-2H3,(H,19,20);1H. The second-order valence-electron chi connectivity index (χ2n) is 5.86. The zero-order valence-corrected chi connectivity index (χ0v) is 14.7. The Morgan fingerprint density at radius 3 is 2.52 bits per heavy atom. The predicted molar refractivity (Wildman–Crippen MR) is 93.5 cm³/mol. The number of carbonyl (C=O) groups excluding carboxylic acids is 1. The lowest BCUT2D eigenvalue weighted by atomic mass is 9.91. The van der Waals surface area contributed by atoms with Crippen molar-refractivity contribution in [3.8, 4) is 11.5 Å². The molecule has 0 heterocycles. The van der Waals surface area contributed by atoms with Crippen molar-refractivity contribution in [2.24, 2.45) is 5.73 Å². The molecule has 0 unspecified atom stereocenters. The number of benzene rings is 1. The molecule has 0 spiro atoms. The maximum atomic E-state index is 12.1. The van der Waals surface area contributed by atoms with Crippen LogP contribution >= 0.6 is 12.4 Å². The van der Waals surface area contributed by atoms with Crippen molar-refractivity contribution < 1.29 is 14.3 Å². The van der Waals surface area contributed by atoms with E-state index < -0.39 is 0 Å². The largest absolute Gasteiger partial charge is 0.497 e. The Morgan fingerprint density at radius 1 is 1.22 bits per heavy atom. The summed E-state index contributed by atoms with van der Waals surface area (Å²) >= 11 is 0. The van der Waals surface area contributed by atoms with E-state index in [2.05, 4.69) is 5.32 Å². The fourth-order valence-electron chi connectivity index (χ4n) is 2.89. The van der Waals surface area contributed by atoms with Gasteiger partial charge < -0.3 is 20.5 Å². The monoisotopic (exact) mass is 342 g/mol. The highest BCUT2D eigenvalue weighted by Gasteiger charge is 2.20. The van der Waals surface area contributed by atoms with E-state index >= 15 is 0 Å². The van der Waals surface area contributed by atoms with Crippen LogP contribution < -0.4 is 20.5 Å². The number of aryl methyl sites for hydroxylation is 1. The fourth-order valence-corrected chi connectivity index (χ4v) is 2.89. The SMILES string of the molecule is COc1ccc(OC)c(CCC(=O)NC2CCC(N)CC2)c1.Cl.